The molecular weight excluding hydrogens is 386 g/mol. The van der Waals surface area contributed by atoms with Gasteiger partial charge < -0.3 is 20.5 Å². The normalized spacial score (nSPS) is 18.1. The fraction of sp³-hybridized carbons (Fsp3) is 0.810. The van der Waals surface area contributed by atoms with Crippen LogP contribution in [-0.4, -0.2) is 48.4 Å². The van der Waals surface area contributed by atoms with E-state index in [0.717, 1.165) is 12.1 Å². The number of amides is 1. The Hall–Kier alpha value is -2.25. The highest BCUT2D eigenvalue weighted by molar-refractivity contribution is 5.73. The fourth-order valence-corrected chi connectivity index (χ4v) is 3.84. The van der Waals surface area contributed by atoms with Crippen LogP contribution in [-0.2, 0) is 9.53 Å². The zero-order valence-corrected chi connectivity index (χ0v) is 17.9. The van der Waals surface area contributed by atoms with Crippen molar-refractivity contribution in [3.63, 3.8) is 0 Å². The van der Waals surface area contributed by atoms with Gasteiger partial charge in [-0.05, 0) is 44.1 Å². The number of carbonyl (C=O) groups is 2. The molecule has 1 atom stereocenters. The summed E-state index contributed by atoms with van der Waals surface area (Å²) >= 11 is 0. The minimum atomic E-state index is -1.18. The van der Waals surface area contributed by atoms with Crippen molar-refractivity contribution in [1.82, 2.24) is 10.6 Å². The van der Waals surface area contributed by atoms with Crippen molar-refractivity contribution in [2.75, 3.05) is 13.2 Å². The number of hydrogen-bond donors (Lipinski definition) is 3. The molecule has 2 aliphatic rings. The second kappa shape index (κ2) is 16.5. The van der Waals surface area contributed by atoms with Crippen molar-refractivity contribution in [2.45, 2.75) is 95.2 Å². The maximum absolute atomic E-state index is 10.9. The second-order valence-electron chi connectivity index (χ2n) is 7.85. The van der Waals surface area contributed by atoms with Gasteiger partial charge >= 0.3 is 12.1 Å². The van der Waals surface area contributed by atoms with E-state index < -0.39 is 18.1 Å². The van der Waals surface area contributed by atoms with E-state index in [1.807, 2.05) is 0 Å². The van der Waals surface area contributed by atoms with Crippen LogP contribution in [0.5, 0.6) is 0 Å². The molecule has 0 radical (unpaired) electrons. The highest BCUT2D eigenvalue weighted by atomic mass is 16.5. The molecular formula is C21H37N5O4. The zero-order valence-electron chi connectivity index (χ0n) is 17.9. The molecule has 0 saturated heterocycles. The Balaban J connectivity index is 0.000000308. The molecule has 2 rings (SSSR count). The van der Waals surface area contributed by atoms with Gasteiger partial charge in [0.1, 0.15) is 12.6 Å². The minimum Gasteiger partial charge on any atom is -0.481 e. The predicted octanol–water partition coefficient (Wildman–Crippen LogP) is 4.68. The van der Waals surface area contributed by atoms with Crippen LogP contribution in [0.1, 0.15) is 77.0 Å². The van der Waals surface area contributed by atoms with Crippen LogP contribution >= 0.6 is 0 Å². The van der Waals surface area contributed by atoms with Gasteiger partial charge in [0.2, 0.25) is 0 Å². The maximum Gasteiger partial charge on any atom is 0.407 e. The third-order valence-corrected chi connectivity index (χ3v) is 5.41. The molecule has 0 heterocycles. The van der Waals surface area contributed by atoms with Crippen molar-refractivity contribution in [3.05, 3.63) is 23.1 Å². The summed E-state index contributed by atoms with van der Waals surface area (Å²) in [6, 6.07) is 0.639. The molecule has 0 aromatic rings. The number of aliphatic carboxylic acids is 1. The lowest BCUT2D eigenvalue weighted by Gasteiger charge is -2.30. The number of carboxylic acid groups (broad SMARTS) is 1. The van der Waals surface area contributed by atoms with Gasteiger partial charge in [0, 0.05) is 23.5 Å². The van der Waals surface area contributed by atoms with Gasteiger partial charge in [-0.1, -0.05) is 56.3 Å². The summed E-state index contributed by atoms with van der Waals surface area (Å²) in [7, 11) is 0. The van der Waals surface area contributed by atoms with Gasteiger partial charge in [0.15, 0.2) is 0 Å². The predicted molar refractivity (Wildman–Crippen MR) is 116 cm³/mol. The van der Waals surface area contributed by atoms with Crippen molar-refractivity contribution in [3.8, 4) is 0 Å². The van der Waals surface area contributed by atoms with Crippen LogP contribution in [0.2, 0.25) is 0 Å². The summed E-state index contributed by atoms with van der Waals surface area (Å²) in [5, 5.41) is 18.0. The minimum absolute atomic E-state index is 0.113. The molecule has 9 heteroatoms. The molecule has 0 spiro atoms. The quantitative estimate of drug-likeness (QED) is 0.154. The van der Waals surface area contributed by atoms with Crippen molar-refractivity contribution in [2.24, 2.45) is 5.11 Å². The number of rotatable bonds is 10. The first-order valence-corrected chi connectivity index (χ1v) is 11.1. The first-order valence-electron chi connectivity index (χ1n) is 11.1. The Morgan fingerprint density at radius 2 is 1.70 bits per heavy atom. The van der Waals surface area contributed by atoms with E-state index in [9.17, 15) is 9.59 Å². The molecule has 3 N–H and O–H groups in total. The van der Waals surface area contributed by atoms with E-state index in [0.29, 0.717) is 6.42 Å². The smallest absolute Gasteiger partial charge is 0.407 e. The lowest BCUT2D eigenvalue weighted by atomic mass is 9.91. The molecule has 30 heavy (non-hydrogen) atoms. The first-order chi connectivity index (χ1) is 14.6. The van der Waals surface area contributed by atoms with E-state index in [4.69, 9.17) is 10.6 Å². The van der Waals surface area contributed by atoms with Crippen LogP contribution in [0.25, 0.3) is 10.4 Å². The lowest BCUT2D eigenvalue weighted by Crippen LogP contribution is -2.40. The molecule has 0 aromatic carbocycles. The van der Waals surface area contributed by atoms with Crippen molar-refractivity contribution in [1.29, 1.82) is 0 Å². The Labute approximate surface area is 179 Å². The molecule has 2 fully saturated rings. The Kier molecular flexibility index (Phi) is 14.2. The number of azide groups is 1. The highest BCUT2D eigenvalue weighted by Crippen LogP contribution is 2.22. The molecule has 0 aliphatic heterocycles. The molecule has 1 amide bonds. The SMILES string of the molecule is C1CCC(NC2CCCCC2)CC1.C=CCOC(=O)NCCC[C@H](N=[N+]=[N-])C(=O)O. The number of carbonyl (C=O) groups excluding carboxylic acids is 1. The zero-order chi connectivity index (χ0) is 22.0. The standard InChI is InChI=1S/C12H23N.C9H14N4O4/c1-3-7-11(8-4-1)13-12-9-5-2-6-10-12;1-2-6-17-9(16)11-5-3-4-7(8(14)15)12-13-10/h11-13H,1-10H2;2,7H,1,3-6H2,(H,11,16)(H,14,15)/t;7-/m.0/s1. The van der Waals surface area contributed by atoms with Crippen LogP contribution in [0.15, 0.2) is 17.8 Å². The van der Waals surface area contributed by atoms with E-state index in [2.05, 4.69) is 32.0 Å². The number of ether oxygens (including phenoxy) is 1. The van der Waals surface area contributed by atoms with E-state index in [1.165, 1.54) is 70.3 Å². The number of alkyl carbamates (subject to hydrolysis) is 1. The number of nitrogens with one attached hydrogen (secondary N) is 2. The summed E-state index contributed by atoms with van der Waals surface area (Å²) in [5.74, 6) is -1.18. The van der Waals surface area contributed by atoms with Gasteiger partial charge in [-0.15, -0.1) is 0 Å². The van der Waals surface area contributed by atoms with Crippen molar-refractivity contribution >= 4 is 12.1 Å². The third kappa shape index (κ3) is 12.3. The summed E-state index contributed by atoms with van der Waals surface area (Å²) in [6.45, 7) is 3.74. The summed E-state index contributed by atoms with van der Waals surface area (Å²) in [5.41, 5.74) is 8.12. The van der Waals surface area contributed by atoms with Gasteiger partial charge in [0.25, 0.3) is 0 Å². The van der Waals surface area contributed by atoms with Gasteiger partial charge in [0.05, 0.1) is 0 Å². The first kappa shape index (κ1) is 25.8. The average molecular weight is 424 g/mol. The number of carboxylic acids is 1. The average Bonchev–Trinajstić information content (AvgIpc) is 2.76. The third-order valence-electron chi connectivity index (χ3n) is 5.41. The van der Waals surface area contributed by atoms with Gasteiger partial charge in [-0.3, -0.25) is 4.79 Å². The van der Waals surface area contributed by atoms with E-state index >= 15 is 0 Å². The number of hydrogen-bond acceptors (Lipinski definition) is 5. The molecule has 0 aromatic heterocycles. The van der Waals surface area contributed by atoms with Crippen LogP contribution < -0.4 is 10.6 Å². The molecule has 0 bridgehead atoms. The molecule has 2 saturated carbocycles. The second-order valence-corrected chi connectivity index (χ2v) is 7.85. The van der Waals surface area contributed by atoms with Gasteiger partial charge in [-0.25, -0.2) is 4.79 Å². The summed E-state index contributed by atoms with van der Waals surface area (Å²) in [6.07, 6.45) is 15.9. The highest BCUT2D eigenvalue weighted by Gasteiger charge is 2.19. The molecule has 170 valence electrons. The Bertz CT molecular complexity index is 536. The summed E-state index contributed by atoms with van der Waals surface area (Å²) in [4.78, 5) is 23.9. The Morgan fingerprint density at radius 1 is 1.13 bits per heavy atom. The van der Waals surface area contributed by atoms with Crippen LogP contribution in [0, 0.1) is 0 Å². The fourth-order valence-electron chi connectivity index (χ4n) is 3.84. The molecule has 0 unspecified atom stereocenters. The van der Waals surface area contributed by atoms with Crippen LogP contribution in [0.3, 0.4) is 0 Å². The van der Waals surface area contributed by atoms with Gasteiger partial charge in [-0.2, -0.15) is 0 Å². The monoisotopic (exact) mass is 423 g/mol. The lowest BCUT2D eigenvalue weighted by molar-refractivity contribution is -0.138. The number of nitrogens with zero attached hydrogens (tertiary/aromatic N) is 3. The van der Waals surface area contributed by atoms with Crippen molar-refractivity contribution < 1.29 is 19.4 Å². The maximum atomic E-state index is 10.9. The summed E-state index contributed by atoms with van der Waals surface area (Å²) < 4.78 is 4.63. The van der Waals surface area contributed by atoms with E-state index in [-0.39, 0.29) is 19.6 Å². The largest absolute Gasteiger partial charge is 0.481 e. The van der Waals surface area contributed by atoms with E-state index in [1.54, 1.807) is 0 Å². The molecule has 2 aliphatic carbocycles. The Morgan fingerprint density at radius 3 is 2.17 bits per heavy atom. The topological polar surface area (TPSA) is 136 Å². The molecule has 9 nitrogen and oxygen atoms in total. The van der Waals surface area contributed by atoms with Crippen LogP contribution in [0.4, 0.5) is 4.79 Å².